The zero-order valence-electron chi connectivity index (χ0n) is 12.9. The smallest absolute Gasteiger partial charge is 0.315 e. The quantitative estimate of drug-likeness (QED) is 0.763. The molecular weight excluding hydrogens is 303 g/mol. The van der Waals surface area contributed by atoms with Gasteiger partial charge >= 0.3 is 6.03 Å². The van der Waals surface area contributed by atoms with Gasteiger partial charge in [0.15, 0.2) is 0 Å². The minimum atomic E-state index is -0.950. The first kappa shape index (κ1) is 16.8. The zero-order valence-corrected chi connectivity index (χ0v) is 12.9. The molecule has 1 aromatic carbocycles. The Morgan fingerprint density at radius 3 is 2.83 bits per heavy atom. The normalized spacial score (nSPS) is 13.2. The van der Waals surface area contributed by atoms with E-state index in [1.54, 1.807) is 25.1 Å². The van der Waals surface area contributed by atoms with Crippen molar-refractivity contribution in [2.24, 2.45) is 0 Å². The van der Waals surface area contributed by atoms with Gasteiger partial charge in [0.25, 0.3) is 0 Å². The Morgan fingerprint density at radius 1 is 1.39 bits per heavy atom. The standard InChI is InChI=1S/C16H19FN2O4/c1-10(15-11(17)5-3-6-14(15)22-2)19-16(21)18-9-12(20)13-7-4-8-23-13/h3-8,10,12,20H,9H2,1-2H3,(H2,18,19,21)/t10-,12+/m1/s1. The van der Waals surface area contributed by atoms with Crippen LogP contribution in [0.4, 0.5) is 9.18 Å². The number of hydrogen-bond donors (Lipinski definition) is 3. The van der Waals surface area contributed by atoms with Gasteiger partial charge in [-0.15, -0.1) is 0 Å². The SMILES string of the molecule is COc1cccc(F)c1[C@@H](C)NC(=O)NC[C@H](O)c1ccco1. The third-order valence-electron chi connectivity index (χ3n) is 3.34. The average Bonchev–Trinajstić information content (AvgIpc) is 3.06. The fourth-order valence-electron chi connectivity index (χ4n) is 2.21. The minimum absolute atomic E-state index is 0.0273. The van der Waals surface area contributed by atoms with E-state index in [-0.39, 0.29) is 12.1 Å². The lowest BCUT2D eigenvalue weighted by Crippen LogP contribution is -2.39. The summed E-state index contributed by atoms with van der Waals surface area (Å²) in [6.45, 7) is 1.62. The van der Waals surface area contributed by atoms with Crippen LogP contribution in [-0.2, 0) is 0 Å². The molecule has 0 fully saturated rings. The molecule has 0 unspecified atom stereocenters. The first-order valence-corrected chi connectivity index (χ1v) is 7.11. The van der Waals surface area contributed by atoms with Crippen LogP contribution >= 0.6 is 0 Å². The van der Waals surface area contributed by atoms with E-state index in [9.17, 15) is 14.3 Å². The number of furan rings is 1. The van der Waals surface area contributed by atoms with Crippen LogP contribution in [0.15, 0.2) is 41.0 Å². The van der Waals surface area contributed by atoms with Crippen molar-refractivity contribution >= 4 is 6.03 Å². The van der Waals surface area contributed by atoms with Gasteiger partial charge in [-0.25, -0.2) is 9.18 Å². The maximum Gasteiger partial charge on any atom is 0.315 e. The van der Waals surface area contributed by atoms with Gasteiger partial charge in [-0.3, -0.25) is 0 Å². The number of hydrogen-bond acceptors (Lipinski definition) is 4. The molecule has 0 aliphatic rings. The average molecular weight is 322 g/mol. The summed E-state index contributed by atoms with van der Waals surface area (Å²) in [6.07, 6.45) is 0.486. The molecule has 0 aliphatic carbocycles. The molecule has 23 heavy (non-hydrogen) atoms. The van der Waals surface area contributed by atoms with E-state index in [1.165, 1.54) is 25.5 Å². The van der Waals surface area contributed by atoms with Gasteiger partial charge in [0, 0.05) is 0 Å². The molecule has 2 atom stereocenters. The van der Waals surface area contributed by atoms with Crippen molar-refractivity contribution in [1.82, 2.24) is 10.6 Å². The largest absolute Gasteiger partial charge is 0.496 e. The molecule has 124 valence electrons. The molecule has 2 rings (SSSR count). The number of aliphatic hydroxyl groups is 1. The van der Waals surface area contributed by atoms with Gasteiger partial charge in [-0.2, -0.15) is 0 Å². The summed E-state index contributed by atoms with van der Waals surface area (Å²) in [5.41, 5.74) is 0.261. The first-order chi connectivity index (χ1) is 11.0. The number of carbonyl (C=O) groups is 1. The third-order valence-corrected chi connectivity index (χ3v) is 3.34. The van der Waals surface area contributed by atoms with Crippen LogP contribution in [0.5, 0.6) is 5.75 Å². The van der Waals surface area contributed by atoms with E-state index >= 15 is 0 Å². The summed E-state index contributed by atoms with van der Waals surface area (Å²) in [4.78, 5) is 11.9. The number of rotatable bonds is 6. The van der Waals surface area contributed by atoms with Crippen LogP contribution in [0, 0.1) is 5.82 Å². The number of urea groups is 1. The second-order valence-electron chi connectivity index (χ2n) is 4.96. The summed E-state index contributed by atoms with van der Waals surface area (Å²) in [7, 11) is 1.44. The van der Waals surface area contributed by atoms with Crippen molar-refractivity contribution in [1.29, 1.82) is 0 Å². The van der Waals surface area contributed by atoms with Crippen LogP contribution in [-0.4, -0.2) is 24.8 Å². The molecule has 1 heterocycles. The number of methoxy groups -OCH3 is 1. The number of halogens is 1. The van der Waals surface area contributed by atoms with Gasteiger partial charge in [-0.1, -0.05) is 6.07 Å². The minimum Gasteiger partial charge on any atom is -0.496 e. The second-order valence-corrected chi connectivity index (χ2v) is 4.96. The number of amides is 2. The molecule has 7 heteroatoms. The van der Waals surface area contributed by atoms with Crippen LogP contribution < -0.4 is 15.4 Å². The van der Waals surface area contributed by atoms with Crippen molar-refractivity contribution in [3.05, 3.63) is 53.7 Å². The fourth-order valence-corrected chi connectivity index (χ4v) is 2.21. The van der Waals surface area contributed by atoms with Gasteiger partial charge in [-0.05, 0) is 31.2 Å². The molecule has 2 amide bonds. The lowest BCUT2D eigenvalue weighted by atomic mass is 10.1. The van der Waals surface area contributed by atoms with Crippen LogP contribution in [0.2, 0.25) is 0 Å². The maximum absolute atomic E-state index is 13.9. The summed E-state index contributed by atoms with van der Waals surface area (Å²) in [6, 6.07) is 6.57. The molecule has 1 aromatic heterocycles. The van der Waals surface area contributed by atoms with E-state index in [4.69, 9.17) is 9.15 Å². The summed E-state index contributed by atoms with van der Waals surface area (Å²) in [5, 5.41) is 14.9. The van der Waals surface area contributed by atoms with E-state index in [0.717, 1.165) is 0 Å². The molecule has 0 spiro atoms. The number of carbonyl (C=O) groups excluding carboxylic acids is 1. The highest BCUT2D eigenvalue weighted by Gasteiger charge is 2.19. The number of ether oxygens (including phenoxy) is 1. The molecule has 0 aliphatic heterocycles. The number of nitrogens with one attached hydrogen (secondary N) is 2. The molecule has 6 nitrogen and oxygen atoms in total. The molecule has 3 N–H and O–H groups in total. The Morgan fingerprint density at radius 2 is 2.17 bits per heavy atom. The summed E-state index contributed by atoms with van der Waals surface area (Å²) >= 11 is 0. The van der Waals surface area contributed by atoms with Crippen LogP contribution in [0.25, 0.3) is 0 Å². The van der Waals surface area contributed by atoms with Crippen molar-refractivity contribution in [2.75, 3.05) is 13.7 Å². The molecule has 0 radical (unpaired) electrons. The summed E-state index contributed by atoms with van der Waals surface area (Å²) < 4.78 is 24.1. The molecular formula is C16H19FN2O4. The van der Waals surface area contributed by atoms with E-state index < -0.39 is 24.0 Å². The number of benzene rings is 1. The van der Waals surface area contributed by atoms with Crippen molar-refractivity contribution in [3.63, 3.8) is 0 Å². The predicted molar refractivity (Wildman–Crippen MR) is 81.6 cm³/mol. The third kappa shape index (κ3) is 4.23. The van der Waals surface area contributed by atoms with Gasteiger partial charge in [0.2, 0.25) is 0 Å². The van der Waals surface area contributed by atoms with Crippen molar-refractivity contribution < 1.29 is 23.4 Å². The lowest BCUT2D eigenvalue weighted by molar-refractivity contribution is 0.147. The monoisotopic (exact) mass is 322 g/mol. The predicted octanol–water partition coefficient (Wildman–Crippen LogP) is 2.52. The Kier molecular flexibility index (Phi) is 5.59. The van der Waals surface area contributed by atoms with Gasteiger partial charge < -0.3 is 24.9 Å². The Bertz CT molecular complexity index is 646. The second kappa shape index (κ2) is 7.64. The lowest BCUT2D eigenvalue weighted by Gasteiger charge is -2.19. The van der Waals surface area contributed by atoms with Crippen molar-refractivity contribution in [2.45, 2.75) is 19.1 Å². The van der Waals surface area contributed by atoms with E-state index in [1.807, 2.05) is 0 Å². The zero-order chi connectivity index (χ0) is 16.8. The maximum atomic E-state index is 13.9. The highest BCUT2D eigenvalue weighted by molar-refractivity contribution is 5.74. The van der Waals surface area contributed by atoms with E-state index in [0.29, 0.717) is 11.5 Å². The highest BCUT2D eigenvalue weighted by Crippen LogP contribution is 2.27. The molecule has 0 saturated heterocycles. The summed E-state index contributed by atoms with van der Waals surface area (Å²) in [5.74, 6) is 0.246. The molecule has 0 saturated carbocycles. The Labute approximate surface area is 133 Å². The topological polar surface area (TPSA) is 83.7 Å². The molecule has 2 aromatic rings. The van der Waals surface area contributed by atoms with Crippen LogP contribution in [0.1, 0.15) is 30.4 Å². The fraction of sp³-hybridized carbons (Fsp3) is 0.312. The molecule has 0 bridgehead atoms. The first-order valence-electron chi connectivity index (χ1n) is 7.11. The van der Waals surface area contributed by atoms with Crippen molar-refractivity contribution in [3.8, 4) is 5.75 Å². The highest BCUT2D eigenvalue weighted by atomic mass is 19.1. The van der Waals surface area contributed by atoms with Gasteiger partial charge in [0.05, 0.1) is 31.5 Å². The van der Waals surface area contributed by atoms with Gasteiger partial charge in [0.1, 0.15) is 23.4 Å². The number of aliphatic hydroxyl groups excluding tert-OH is 1. The van der Waals surface area contributed by atoms with E-state index in [2.05, 4.69) is 10.6 Å². The Hall–Kier alpha value is -2.54. The Balaban J connectivity index is 1.92. The van der Waals surface area contributed by atoms with Crippen LogP contribution in [0.3, 0.4) is 0 Å².